The first-order valence-electron chi connectivity index (χ1n) is 10.4. The van der Waals surface area contributed by atoms with Gasteiger partial charge in [-0.25, -0.2) is 0 Å². The molecule has 0 radical (unpaired) electrons. The van der Waals surface area contributed by atoms with Gasteiger partial charge in [-0.05, 0) is 29.7 Å². The van der Waals surface area contributed by atoms with Gasteiger partial charge in [-0.2, -0.15) is 0 Å². The third kappa shape index (κ3) is 5.74. The zero-order valence-corrected chi connectivity index (χ0v) is 18.5. The zero-order chi connectivity index (χ0) is 22.2. The molecule has 0 fully saturated rings. The summed E-state index contributed by atoms with van der Waals surface area (Å²) in [4.78, 5) is 27.6. The van der Waals surface area contributed by atoms with E-state index in [-0.39, 0.29) is 30.7 Å². The van der Waals surface area contributed by atoms with Crippen LogP contribution < -0.4 is 5.32 Å². The molecule has 0 bridgehead atoms. The van der Waals surface area contributed by atoms with E-state index in [4.69, 9.17) is 11.6 Å². The maximum absolute atomic E-state index is 13.6. The smallest absolute Gasteiger partial charge is 0.242 e. The minimum atomic E-state index is -0.624. The highest BCUT2D eigenvalue weighted by Gasteiger charge is 2.29. The molecule has 3 rings (SSSR count). The van der Waals surface area contributed by atoms with Crippen LogP contribution in [0.15, 0.2) is 84.9 Å². The van der Waals surface area contributed by atoms with Crippen molar-refractivity contribution in [2.24, 2.45) is 0 Å². The molecule has 5 heteroatoms. The molecule has 3 aromatic carbocycles. The minimum absolute atomic E-state index is 0.103. The first-order chi connectivity index (χ1) is 15.0. The maximum Gasteiger partial charge on any atom is 0.242 e. The Labute approximate surface area is 188 Å². The van der Waals surface area contributed by atoms with E-state index >= 15 is 0 Å². The van der Waals surface area contributed by atoms with E-state index in [9.17, 15) is 9.59 Å². The Balaban J connectivity index is 1.93. The Kier molecular flexibility index (Phi) is 7.85. The van der Waals surface area contributed by atoms with Gasteiger partial charge in [0.05, 0.1) is 0 Å². The quantitative estimate of drug-likeness (QED) is 0.540. The molecule has 0 heterocycles. The Morgan fingerprint density at radius 3 is 1.90 bits per heavy atom. The van der Waals surface area contributed by atoms with Gasteiger partial charge in [0.1, 0.15) is 6.04 Å². The number of carbonyl (C=O) groups excluding carboxylic acids is 2. The van der Waals surface area contributed by atoms with Gasteiger partial charge in [-0.1, -0.05) is 90.5 Å². The van der Waals surface area contributed by atoms with E-state index in [1.165, 1.54) is 0 Å². The highest BCUT2D eigenvalue weighted by atomic mass is 35.5. The van der Waals surface area contributed by atoms with Crippen LogP contribution in [0.2, 0.25) is 5.02 Å². The average molecular weight is 435 g/mol. The van der Waals surface area contributed by atoms with Gasteiger partial charge in [-0.15, -0.1) is 0 Å². The van der Waals surface area contributed by atoms with Crippen molar-refractivity contribution < 1.29 is 9.59 Å². The van der Waals surface area contributed by atoms with Crippen LogP contribution in [-0.2, 0) is 16.1 Å². The van der Waals surface area contributed by atoms with Crippen LogP contribution in [0.3, 0.4) is 0 Å². The average Bonchev–Trinajstić information content (AvgIpc) is 2.82. The summed E-state index contributed by atoms with van der Waals surface area (Å²) >= 11 is 6.35. The molecule has 0 spiro atoms. The minimum Gasteiger partial charge on any atom is -0.357 e. The van der Waals surface area contributed by atoms with Gasteiger partial charge in [0.15, 0.2) is 0 Å². The Hall–Kier alpha value is -3.11. The number of hydrogen-bond donors (Lipinski definition) is 1. The number of benzene rings is 3. The van der Waals surface area contributed by atoms with Crippen molar-refractivity contribution in [3.63, 3.8) is 0 Å². The van der Waals surface area contributed by atoms with E-state index < -0.39 is 6.04 Å². The van der Waals surface area contributed by atoms with E-state index in [0.717, 1.165) is 16.7 Å². The summed E-state index contributed by atoms with van der Waals surface area (Å²) in [6, 6.07) is 26.7. The fourth-order valence-corrected chi connectivity index (χ4v) is 3.89. The zero-order valence-electron chi connectivity index (χ0n) is 17.8. The van der Waals surface area contributed by atoms with Crippen molar-refractivity contribution in [2.45, 2.75) is 31.8 Å². The van der Waals surface area contributed by atoms with Crippen LogP contribution >= 0.6 is 11.6 Å². The van der Waals surface area contributed by atoms with Crippen LogP contribution in [0.25, 0.3) is 0 Å². The van der Waals surface area contributed by atoms with Crippen LogP contribution in [0.5, 0.6) is 0 Å². The molecule has 1 atom stereocenters. The van der Waals surface area contributed by atoms with E-state index in [0.29, 0.717) is 5.02 Å². The number of nitrogens with one attached hydrogen (secondary N) is 1. The van der Waals surface area contributed by atoms with Crippen molar-refractivity contribution in [1.82, 2.24) is 10.2 Å². The Bertz CT molecular complexity index is 969. The van der Waals surface area contributed by atoms with Gasteiger partial charge in [0.25, 0.3) is 0 Å². The molecule has 0 saturated heterocycles. The van der Waals surface area contributed by atoms with E-state index in [1.54, 1.807) is 24.9 Å². The summed E-state index contributed by atoms with van der Waals surface area (Å²) < 4.78 is 0. The maximum atomic E-state index is 13.6. The van der Waals surface area contributed by atoms with Crippen molar-refractivity contribution in [3.8, 4) is 0 Å². The number of halogens is 1. The monoisotopic (exact) mass is 434 g/mol. The lowest BCUT2D eigenvalue weighted by Crippen LogP contribution is -2.47. The number of amides is 2. The normalized spacial score (nSPS) is 11.7. The number of rotatable bonds is 8. The molecule has 1 unspecified atom stereocenters. The summed E-state index contributed by atoms with van der Waals surface area (Å²) in [7, 11) is 1.58. The first kappa shape index (κ1) is 22.6. The summed E-state index contributed by atoms with van der Waals surface area (Å²) in [6.07, 6.45) is 0.250. The van der Waals surface area contributed by atoms with Crippen LogP contribution in [0.1, 0.15) is 36.0 Å². The summed E-state index contributed by atoms with van der Waals surface area (Å²) in [5.41, 5.74) is 2.93. The highest BCUT2D eigenvalue weighted by molar-refractivity contribution is 6.31. The third-order valence-corrected chi connectivity index (χ3v) is 5.86. The number of carbonyl (C=O) groups is 2. The van der Waals surface area contributed by atoms with Crippen molar-refractivity contribution >= 4 is 23.4 Å². The van der Waals surface area contributed by atoms with Crippen LogP contribution in [0, 0.1) is 0 Å². The molecule has 0 aliphatic heterocycles. The van der Waals surface area contributed by atoms with Crippen LogP contribution in [0.4, 0.5) is 0 Å². The molecular formula is C26H27ClN2O2. The highest BCUT2D eigenvalue weighted by Crippen LogP contribution is 2.29. The number of nitrogens with zero attached hydrogens (tertiary/aromatic N) is 1. The lowest BCUT2D eigenvalue weighted by Gasteiger charge is -2.30. The van der Waals surface area contributed by atoms with Gasteiger partial charge in [0.2, 0.25) is 11.8 Å². The molecule has 4 nitrogen and oxygen atoms in total. The lowest BCUT2D eigenvalue weighted by atomic mass is 9.88. The van der Waals surface area contributed by atoms with E-state index in [2.05, 4.69) is 5.32 Å². The molecule has 0 aromatic heterocycles. The Morgan fingerprint density at radius 1 is 0.871 bits per heavy atom. The van der Waals surface area contributed by atoms with Crippen LogP contribution in [-0.4, -0.2) is 29.8 Å². The summed E-state index contributed by atoms with van der Waals surface area (Å²) in [5, 5.41) is 3.23. The SMILES string of the molecule is CNC(=O)C(C)N(Cc1ccccc1Cl)C(=O)CC(c1ccccc1)c1ccccc1. The molecule has 0 aliphatic carbocycles. The van der Waals surface area contributed by atoms with Crippen molar-refractivity contribution in [3.05, 3.63) is 107 Å². The van der Waals surface area contributed by atoms with Gasteiger partial charge in [-0.3, -0.25) is 9.59 Å². The summed E-state index contributed by atoms with van der Waals surface area (Å²) in [5.74, 6) is -0.425. The van der Waals surface area contributed by atoms with Crippen molar-refractivity contribution in [1.29, 1.82) is 0 Å². The number of likely N-dealkylation sites (N-methyl/N-ethyl adjacent to an activating group) is 1. The second-order valence-corrected chi connectivity index (χ2v) is 7.89. The first-order valence-corrected chi connectivity index (χ1v) is 10.7. The topological polar surface area (TPSA) is 49.4 Å². The molecule has 0 aliphatic rings. The largest absolute Gasteiger partial charge is 0.357 e. The van der Waals surface area contributed by atoms with Crippen molar-refractivity contribution in [2.75, 3.05) is 7.05 Å². The van der Waals surface area contributed by atoms with Gasteiger partial charge >= 0.3 is 0 Å². The molecule has 2 amide bonds. The molecular weight excluding hydrogens is 408 g/mol. The molecule has 3 aromatic rings. The molecule has 0 saturated carbocycles. The Morgan fingerprint density at radius 2 is 1.39 bits per heavy atom. The van der Waals surface area contributed by atoms with Gasteiger partial charge < -0.3 is 10.2 Å². The third-order valence-electron chi connectivity index (χ3n) is 5.49. The fraction of sp³-hybridized carbons (Fsp3) is 0.231. The predicted molar refractivity (Wildman–Crippen MR) is 125 cm³/mol. The molecule has 1 N–H and O–H groups in total. The lowest BCUT2D eigenvalue weighted by molar-refractivity contribution is -0.140. The predicted octanol–water partition coefficient (Wildman–Crippen LogP) is 5.03. The van der Waals surface area contributed by atoms with Gasteiger partial charge in [0, 0.05) is 31.0 Å². The molecule has 31 heavy (non-hydrogen) atoms. The fourth-order valence-electron chi connectivity index (χ4n) is 3.69. The molecule has 160 valence electrons. The van der Waals surface area contributed by atoms with E-state index in [1.807, 2.05) is 78.9 Å². The number of hydrogen-bond acceptors (Lipinski definition) is 2. The second-order valence-electron chi connectivity index (χ2n) is 7.48. The standard InChI is InChI=1S/C26H27ClN2O2/c1-19(26(31)28-2)29(18-22-15-9-10-16-24(22)27)25(30)17-23(20-11-5-3-6-12-20)21-13-7-4-8-14-21/h3-16,19,23H,17-18H2,1-2H3,(H,28,31). The summed E-state index contributed by atoms with van der Waals surface area (Å²) in [6.45, 7) is 2.01. The second kappa shape index (κ2) is 10.8.